The highest BCUT2D eigenvalue weighted by molar-refractivity contribution is 5.75. The van der Waals surface area contributed by atoms with Gasteiger partial charge in [-0.25, -0.2) is 0 Å². The smallest absolute Gasteiger partial charge is 0.266 e. The molecule has 3 aromatic rings. The van der Waals surface area contributed by atoms with Gasteiger partial charge in [-0.2, -0.15) is 5.26 Å². The van der Waals surface area contributed by atoms with Crippen molar-refractivity contribution < 1.29 is 9.47 Å². The van der Waals surface area contributed by atoms with E-state index < -0.39 is 5.56 Å². The molecule has 0 radical (unpaired) electrons. The molecule has 25 heavy (non-hydrogen) atoms. The van der Waals surface area contributed by atoms with Crippen LogP contribution in [-0.4, -0.2) is 19.2 Å². The van der Waals surface area contributed by atoms with Gasteiger partial charge in [-0.15, -0.1) is 0 Å². The van der Waals surface area contributed by atoms with Crippen molar-refractivity contribution in [2.75, 3.05) is 14.2 Å². The van der Waals surface area contributed by atoms with Crippen molar-refractivity contribution in [1.82, 2.24) is 4.98 Å². The van der Waals surface area contributed by atoms with E-state index in [1.54, 1.807) is 32.4 Å². The molecule has 0 atom stereocenters. The Bertz CT molecular complexity index is 999. The van der Waals surface area contributed by atoms with Gasteiger partial charge >= 0.3 is 0 Å². The number of benzene rings is 2. The minimum Gasteiger partial charge on any atom is -0.497 e. The Balaban J connectivity index is 2.18. The molecular weight excluding hydrogens is 316 g/mol. The maximum absolute atomic E-state index is 12.4. The van der Waals surface area contributed by atoms with Crippen LogP contribution in [0.1, 0.15) is 5.56 Å². The molecular formula is C20H16N2O3. The maximum Gasteiger partial charge on any atom is 0.266 e. The van der Waals surface area contributed by atoms with Crippen molar-refractivity contribution in [3.63, 3.8) is 0 Å². The molecule has 0 saturated carbocycles. The summed E-state index contributed by atoms with van der Waals surface area (Å²) in [4.78, 5) is 15.2. The molecule has 2 aromatic carbocycles. The van der Waals surface area contributed by atoms with Gasteiger partial charge in [0.15, 0.2) is 0 Å². The Labute approximate surface area is 145 Å². The molecule has 3 rings (SSSR count). The van der Waals surface area contributed by atoms with Crippen LogP contribution >= 0.6 is 0 Å². The monoisotopic (exact) mass is 332 g/mol. The summed E-state index contributed by atoms with van der Waals surface area (Å²) in [6, 6.07) is 18.4. The first-order chi connectivity index (χ1) is 12.2. The number of hydrogen-bond acceptors (Lipinski definition) is 4. The summed E-state index contributed by atoms with van der Waals surface area (Å²) in [6.07, 6.45) is 0. The number of rotatable bonds is 4. The number of aromatic amines is 1. The first-order valence-electron chi connectivity index (χ1n) is 7.62. The summed E-state index contributed by atoms with van der Waals surface area (Å²) in [5, 5.41) is 9.39. The van der Waals surface area contributed by atoms with Gasteiger partial charge in [0.1, 0.15) is 23.1 Å². The summed E-state index contributed by atoms with van der Waals surface area (Å²) >= 11 is 0. The molecule has 0 saturated heterocycles. The van der Waals surface area contributed by atoms with E-state index in [0.29, 0.717) is 22.8 Å². The second-order valence-corrected chi connectivity index (χ2v) is 5.37. The highest BCUT2D eigenvalue weighted by Gasteiger charge is 2.13. The van der Waals surface area contributed by atoms with Crippen LogP contribution in [0.25, 0.3) is 22.4 Å². The maximum atomic E-state index is 12.4. The van der Waals surface area contributed by atoms with Crippen molar-refractivity contribution in [3.05, 3.63) is 70.5 Å². The molecule has 0 aliphatic rings. The number of nitrogens with one attached hydrogen (secondary N) is 1. The number of ether oxygens (including phenoxy) is 2. The molecule has 1 aromatic heterocycles. The summed E-state index contributed by atoms with van der Waals surface area (Å²) in [5.74, 6) is 1.40. The molecule has 5 nitrogen and oxygen atoms in total. The van der Waals surface area contributed by atoms with Crippen molar-refractivity contribution in [2.45, 2.75) is 0 Å². The third kappa shape index (κ3) is 3.24. The molecule has 1 N–H and O–H groups in total. The van der Waals surface area contributed by atoms with Gasteiger partial charge in [0, 0.05) is 16.8 Å². The normalized spacial score (nSPS) is 10.1. The predicted molar refractivity (Wildman–Crippen MR) is 95.8 cm³/mol. The van der Waals surface area contributed by atoms with Crippen LogP contribution in [0, 0.1) is 11.3 Å². The lowest BCUT2D eigenvalue weighted by molar-refractivity contribution is 0.415. The fraction of sp³-hybridized carbons (Fsp3) is 0.100. The number of nitriles is 1. The van der Waals surface area contributed by atoms with E-state index >= 15 is 0 Å². The SMILES string of the molecule is COc1ccc(-c2cc(-c3cccc(OC)c3)[nH]c(=O)c2C#N)cc1. The van der Waals surface area contributed by atoms with Gasteiger partial charge < -0.3 is 14.5 Å². The predicted octanol–water partition coefficient (Wildman–Crippen LogP) is 3.60. The van der Waals surface area contributed by atoms with Crippen LogP contribution in [0.4, 0.5) is 0 Å². The molecule has 0 aliphatic carbocycles. The fourth-order valence-corrected chi connectivity index (χ4v) is 2.62. The van der Waals surface area contributed by atoms with E-state index in [1.165, 1.54) is 0 Å². The number of hydrogen-bond donors (Lipinski definition) is 1. The average Bonchev–Trinajstić information content (AvgIpc) is 2.67. The van der Waals surface area contributed by atoms with Gasteiger partial charge in [-0.3, -0.25) is 4.79 Å². The van der Waals surface area contributed by atoms with Crippen molar-refractivity contribution in [3.8, 4) is 40.0 Å². The van der Waals surface area contributed by atoms with E-state index in [0.717, 1.165) is 11.1 Å². The Morgan fingerprint density at radius 3 is 2.28 bits per heavy atom. The van der Waals surface area contributed by atoms with E-state index in [4.69, 9.17) is 9.47 Å². The molecule has 1 heterocycles. The molecule has 5 heteroatoms. The summed E-state index contributed by atoms with van der Waals surface area (Å²) in [6.45, 7) is 0. The second-order valence-electron chi connectivity index (χ2n) is 5.37. The average molecular weight is 332 g/mol. The number of methoxy groups -OCH3 is 2. The first-order valence-corrected chi connectivity index (χ1v) is 7.62. The van der Waals surface area contributed by atoms with Crippen LogP contribution in [0.5, 0.6) is 11.5 Å². The molecule has 0 fully saturated rings. The third-order valence-corrected chi connectivity index (χ3v) is 3.93. The number of pyridine rings is 1. The van der Waals surface area contributed by atoms with Crippen molar-refractivity contribution >= 4 is 0 Å². The van der Waals surface area contributed by atoms with Gasteiger partial charge in [0.25, 0.3) is 5.56 Å². The number of aromatic nitrogens is 1. The van der Waals surface area contributed by atoms with Crippen LogP contribution in [-0.2, 0) is 0 Å². The minimum atomic E-state index is -0.423. The highest BCUT2D eigenvalue weighted by atomic mass is 16.5. The third-order valence-electron chi connectivity index (χ3n) is 3.93. The minimum absolute atomic E-state index is 0.0804. The standard InChI is InChI=1S/C20H16N2O3/c1-24-15-8-6-13(7-9-15)17-11-19(22-20(23)18(17)12-21)14-4-3-5-16(10-14)25-2/h3-11H,1-2H3,(H,22,23). The molecule has 0 amide bonds. The van der Waals surface area contributed by atoms with Crippen molar-refractivity contribution in [1.29, 1.82) is 5.26 Å². The number of nitrogens with zero attached hydrogens (tertiary/aromatic N) is 1. The van der Waals surface area contributed by atoms with E-state index in [1.807, 2.05) is 42.5 Å². The van der Waals surface area contributed by atoms with Crippen molar-refractivity contribution in [2.24, 2.45) is 0 Å². The van der Waals surface area contributed by atoms with Gasteiger partial charge in [-0.05, 0) is 35.9 Å². The summed E-state index contributed by atoms with van der Waals surface area (Å²) in [7, 11) is 3.17. The highest BCUT2D eigenvalue weighted by Crippen LogP contribution is 2.28. The zero-order chi connectivity index (χ0) is 17.8. The van der Waals surface area contributed by atoms with E-state index in [2.05, 4.69) is 4.98 Å². The van der Waals surface area contributed by atoms with Crippen LogP contribution < -0.4 is 15.0 Å². The fourth-order valence-electron chi connectivity index (χ4n) is 2.62. The van der Waals surface area contributed by atoms with Crippen LogP contribution in [0.3, 0.4) is 0 Å². The van der Waals surface area contributed by atoms with Gasteiger partial charge in [0.2, 0.25) is 0 Å². The zero-order valence-corrected chi connectivity index (χ0v) is 13.9. The lowest BCUT2D eigenvalue weighted by atomic mass is 9.99. The van der Waals surface area contributed by atoms with Gasteiger partial charge in [-0.1, -0.05) is 24.3 Å². The lowest BCUT2D eigenvalue weighted by Gasteiger charge is -2.09. The molecule has 124 valence electrons. The van der Waals surface area contributed by atoms with E-state index in [9.17, 15) is 10.1 Å². The lowest BCUT2D eigenvalue weighted by Crippen LogP contribution is -2.12. The molecule has 0 unspecified atom stereocenters. The second kappa shape index (κ2) is 6.93. The molecule has 0 spiro atoms. The van der Waals surface area contributed by atoms with Crippen LogP contribution in [0.2, 0.25) is 0 Å². The molecule has 0 bridgehead atoms. The quantitative estimate of drug-likeness (QED) is 0.792. The number of H-pyrrole nitrogens is 1. The first kappa shape index (κ1) is 16.3. The molecule has 0 aliphatic heterocycles. The Morgan fingerprint density at radius 1 is 0.920 bits per heavy atom. The Kier molecular flexibility index (Phi) is 4.53. The van der Waals surface area contributed by atoms with Gasteiger partial charge in [0.05, 0.1) is 14.2 Å². The summed E-state index contributed by atoms with van der Waals surface area (Å²) < 4.78 is 10.4. The zero-order valence-electron chi connectivity index (χ0n) is 13.9. The summed E-state index contributed by atoms with van der Waals surface area (Å²) in [5.41, 5.74) is 2.43. The topological polar surface area (TPSA) is 75.1 Å². The Morgan fingerprint density at radius 2 is 1.64 bits per heavy atom. The van der Waals surface area contributed by atoms with E-state index in [-0.39, 0.29) is 5.56 Å². The Hall–Kier alpha value is -3.52. The van der Waals surface area contributed by atoms with Crippen LogP contribution in [0.15, 0.2) is 59.4 Å². The largest absolute Gasteiger partial charge is 0.497 e.